The van der Waals surface area contributed by atoms with E-state index in [1.54, 1.807) is 12.1 Å². The van der Waals surface area contributed by atoms with Crippen molar-refractivity contribution in [2.24, 2.45) is 11.1 Å². The van der Waals surface area contributed by atoms with Gasteiger partial charge in [-0.15, -0.1) is 12.4 Å². The molecular weight excluding hydrogens is 338 g/mol. The maximum Gasteiger partial charge on any atom is 0.242 e. The first-order valence-corrected chi connectivity index (χ1v) is 8.71. The van der Waals surface area contributed by atoms with Crippen LogP contribution in [0.15, 0.2) is 29.2 Å². The Labute approximate surface area is 144 Å². The lowest BCUT2D eigenvalue weighted by molar-refractivity contribution is -0.125. The second-order valence-electron chi connectivity index (χ2n) is 5.46. The molecule has 0 fully saturated rings. The van der Waals surface area contributed by atoms with Gasteiger partial charge in [0.05, 0.1) is 10.3 Å². The van der Waals surface area contributed by atoms with Crippen LogP contribution in [-0.4, -0.2) is 39.3 Å². The first-order chi connectivity index (χ1) is 10.2. The molecule has 8 heteroatoms. The van der Waals surface area contributed by atoms with Crippen LogP contribution < -0.4 is 11.1 Å². The zero-order chi connectivity index (χ0) is 17.0. The van der Waals surface area contributed by atoms with E-state index >= 15 is 0 Å². The highest BCUT2D eigenvalue weighted by Crippen LogP contribution is 2.27. The molecule has 0 aliphatic carbocycles. The molecular formula is C15H26ClN3O3S. The van der Waals surface area contributed by atoms with Crippen LogP contribution in [-0.2, 0) is 14.8 Å². The first kappa shape index (κ1) is 21.9. The van der Waals surface area contributed by atoms with Crippen molar-refractivity contribution < 1.29 is 13.2 Å². The molecule has 3 N–H and O–H groups in total. The van der Waals surface area contributed by atoms with Crippen LogP contribution in [0.4, 0.5) is 5.69 Å². The van der Waals surface area contributed by atoms with Gasteiger partial charge in [0.1, 0.15) is 0 Å². The number of hydrogen-bond acceptors (Lipinski definition) is 4. The van der Waals surface area contributed by atoms with Gasteiger partial charge < -0.3 is 11.1 Å². The average molecular weight is 364 g/mol. The van der Waals surface area contributed by atoms with E-state index in [-0.39, 0.29) is 29.8 Å². The van der Waals surface area contributed by atoms with Crippen molar-refractivity contribution in [1.82, 2.24) is 4.31 Å². The van der Waals surface area contributed by atoms with Crippen molar-refractivity contribution in [2.45, 2.75) is 31.6 Å². The van der Waals surface area contributed by atoms with Gasteiger partial charge in [0.15, 0.2) is 0 Å². The van der Waals surface area contributed by atoms with Gasteiger partial charge in [0, 0.05) is 26.3 Å². The van der Waals surface area contributed by atoms with Crippen LogP contribution >= 0.6 is 12.4 Å². The Balaban J connectivity index is 0.00000484. The molecule has 1 rings (SSSR count). The number of nitrogens with zero attached hydrogens (tertiary/aromatic N) is 1. The number of hydrogen-bond donors (Lipinski definition) is 2. The van der Waals surface area contributed by atoms with E-state index < -0.39 is 15.4 Å². The molecule has 0 aliphatic heterocycles. The van der Waals surface area contributed by atoms with E-state index in [1.165, 1.54) is 26.2 Å². The number of carbonyl (C=O) groups excluding carboxylic acids is 1. The molecule has 1 aromatic rings. The lowest BCUT2D eigenvalue weighted by Crippen LogP contribution is -2.41. The van der Waals surface area contributed by atoms with E-state index in [1.807, 2.05) is 13.8 Å². The Kier molecular flexibility index (Phi) is 8.20. The molecule has 1 amide bonds. The molecule has 23 heavy (non-hydrogen) atoms. The maximum absolute atomic E-state index is 12.5. The Bertz CT molecular complexity index is 620. The fraction of sp³-hybridized carbons (Fsp3) is 0.533. The number of sulfonamides is 1. The van der Waals surface area contributed by atoms with Gasteiger partial charge in [-0.05, 0) is 31.0 Å². The van der Waals surface area contributed by atoms with E-state index in [2.05, 4.69) is 5.32 Å². The topological polar surface area (TPSA) is 92.5 Å². The maximum atomic E-state index is 12.5. The van der Waals surface area contributed by atoms with Crippen molar-refractivity contribution in [1.29, 1.82) is 0 Å². The fourth-order valence-corrected chi connectivity index (χ4v) is 3.11. The van der Waals surface area contributed by atoms with Crippen molar-refractivity contribution in [3.05, 3.63) is 24.3 Å². The standard InChI is InChI=1S/C15H25N3O3S.ClH/c1-5-15(6-2,11-16)14(19)17-12-8-7-9-13(10-12)22(20,21)18(3)4;/h7-10H,5-6,11,16H2,1-4H3,(H,17,19);1H. The van der Waals surface area contributed by atoms with Crippen molar-refractivity contribution in [3.63, 3.8) is 0 Å². The monoisotopic (exact) mass is 363 g/mol. The van der Waals surface area contributed by atoms with E-state index in [0.717, 1.165) is 4.31 Å². The highest BCUT2D eigenvalue weighted by atomic mass is 35.5. The summed E-state index contributed by atoms with van der Waals surface area (Å²) in [7, 11) is -0.597. The quantitative estimate of drug-likeness (QED) is 0.775. The number of carbonyl (C=O) groups is 1. The summed E-state index contributed by atoms with van der Waals surface area (Å²) in [6, 6.07) is 6.23. The van der Waals surface area contributed by atoms with Gasteiger partial charge in [-0.3, -0.25) is 4.79 Å². The van der Waals surface area contributed by atoms with Crippen molar-refractivity contribution in [3.8, 4) is 0 Å². The third kappa shape index (κ3) is 4.67. The minimum absolute atomic E-state index is 0. The number of nitrogens with one attached hydrogen (secondary N) is 1. The summed E-state index contributed by atoms with van der Waals surface area (Å²) in [6.45, 7) is 4.09. The lowest BCUT2D eigenvalue weighted by Gasteiger charge is -2.28. The Morgan fingerprint density at radius 1 is 1.26 bits per heavy atom. The highest BCUT2D eigenvalue weighted by Gasteiger charge is 2.33. The molecule has 0 bridgehead atoms. The van der Waals surface area contributed by atoms with Crippen LogP contribution in [0.3, 0.4) is 0 Å². The van der Waals surface area contributed by atoms with Crippen LogP contribution in [0.5, 0.6) is 0 Å². The summed E-state index contributed by atoms with van der Waals surface area (Å²) in [5, 5.41) is 2.79. The summed E-state index contributed by atoms with van der Waals surface area (Å²) in [5.74, 6) is -0.181. The van der Waals surface area contributed by atoms with Gasteiger partial charge in [0.2, 0.25) is 15.9 Å². The molecule has 132 valence electrons. The molecule has 0 saturated heterocycles. The third-order valence-corrected chi connectivity index (χ3v) is 5.91. The summed E-state index contributed by atoms with van der Waals surface area (Å²) in [5.41, 5.74) is 5.58. The van der Waals surface area contributed by atoms with Crippen LogP contribution in [0.25, 0.3) is 0 Å². The SMILES string of the molecule is CCC(CC)(CN)C(=O)Nc1cccc(S(=O)(=O)N(C)C)c1.Cl. The number of anilines is 1. The van der Waals surface area contributed by atoms with Gasteiger partial charge >= 0.3 is 0 Å². The molecule has 0 atom stereocenters. The third-order valence-electron chi connectivity index (χ3n) is 4.10. The van der Waals surface area contributed by atoms with Crippen molar-refractivity contribution in [2.75, 3.05) is 26.0 Å². The predicted octanol–water partition coefficient (Wildman–Crippen LogP) is 2.06. The number of halogens is 1. The largest absolute Gasteiger partial charge is 0.329 e. The summed E-state index contributed by atoms with van der Waals surface area (Å²) < 4.78 is 25.4. The number of rotatable bonds is 7. The lowest BCUT2D eigenvalue weighted by atomic mass is 9.81. The van der Waals surface area contributed by atoms with E-state index in [4.69, 9.17) is 5.73 Å². The van der Waals surface area contributed by atoms with Crippen LogP contribution in [0.2, 0.25) is 0 Å². The predicted molar refractivity (Wildman–Crippen MR) is 95.3 cm³/mol. The minimum Gasteiger partial charge on any atom is -0.329 e. The second-order valence-corrected chi connectivity index (χ2v) is 7.61. The molecule has 0 spiro atoms. The molecule has 0 saturated carbocycles. The van der Waals surface area contributed by atoms with Gasteiger partial charge in [-0.25, -0.2) is 12.7 Å². The molecule has 0 aromatic heterocycles. The van der Waals surface area contributed by atoms with Gasteiger partial charge in [-0.1, -0.05) is 19.9 Å². The normalized spacial score (nSPS) is 11.9. The fourth-order valence-electron chi connectivity index (χ4n) is 2.16. The molecule has 0 heterocycles. The van der Waals surface area contributed by atoms with Crippen LogP contribution in [0.1, 0.15) is 26.7 Å². The van der Waals surface area contributed by atoms with Gasteiger partial charge in [0.25, 0.3) is 0 Å². The number of benzene rings is 1. The Hall–Kier alpha value is -1.15. The smallest absolute Gasteiger partial charge is 0.242 e. The molecule has 0 unspecified atom stereocenters. The second kappa shape index (κ2) is 8.63. The molecule has 6 nitrogen and oxygen atoms in total. The first-order valence-electron chi connectivity index (χ1n) is 7.27. The molecule has 0 aliphatic rings. The zero-order valence-electron chi connectivity index (χ0n) is 14.0. The summed E-state index contributed by atoms with van der Waals surface area (Å²) in [4.78, 5) is 12.6. The Morgan fingerprint density at radius 2 is 1.83 bits per heavy atom. The van der Waals surface area contributed by atoms with Crippen molar-refractivity contribution >= 4 is 34.0 Å². The zero-order valence-corrected chi connectivity index (χ0v) is 15.6. The number of amides is 1. The molecule has 1 aromatic carbocycles. The van der Waals surface area contributed by atoms with Crippen LogP contribution in [0, 0.1) is 5.41 Å². The summed E-state index contributed by atoms with van der Waals surface area (Å²) in [6.07, 6.45) is 1.25. The minimum atomic E-state index is -3.53. The van der Waals surface area contributed by atoms with E-state index in [0.29, 0.717) is 18.5 Å². The Morgan fingerprint density at radius 3 is 2.26 bits per heavy atom. The number of nitrogens with two attached hydrogens (primary N) is 1. The average Bonchev–Trinajstić information content (AvgIpc) is 2.49. The highest BCUT2D eigenvalue weighted by molar-refractivity contribution is 7.89. The van der Waals surface area contributed by atoms with Gasteiger partial charge in [-0.2, -0.15) is 0 Å². The van der Waals surface area contributed by atoms with E-state index in [9.17, 15) is 13.2 Å². The molecule has 0 radical (unpaired) electrons. The summed E-state index contributed by atoms with van der Waals surface area (Å²) >= 11 is 0.